The van der Waals surface area contributed by atoms with Crippen molar-refractivity contribution >= 4 is 11.0 Å². The van der Waals surface area contributed by atoms with E-state index in [9.17, 15) is 10.2 Å². The summed E-state index contributed by atoms with van der Waals surface area (Å²) in [5, 5.41) is 21.6. The van der Waals surface area contributed by atoms with E-state index in [0.29, 0.717) is 0 Å². The Morgan fingerprint density at radius 3 is 2.13 bits per heavy atom. The third-order valence-electron chi connectivity index (χ3n) is 9.01. The molecule has 2 N–H and O–H groups in total. The van der Waals surface area contributed by atoms with Gasteiger partial charge < -0.3 is 23.9 Å². The molecule has 1 fully saturated rings. The van der Waals surface area contributed by atoms with E-state index in [4.69, 9.17) is 9.97 Å². The van der Waals surface area contributed by atoms with Crippen LogP contribution in [-0.4, -0.2) is 66.0 Å². The molecular formula is C38H42N6O2. The van der Waals surface area contributed by atoms with Gasteiger partial charge in [-0.25, -0.2) is 4.98 Å². The van der Waals surface area contributed by atoms with Crippen molar-refractivity contribution in [3.63, 3.8) is 0 Å². The number of aliphatic hydroxyl groups excluding tert-OH is 2. The van der Waals surface area contributed by atoms with Crippen molar-refractivity contribution in [1.82, 2.24) is 28.6 Å². The Bertz CT molecular complexity index is 2000. The molecule has 0 radical (unpaired) electrons. The highest BCUT2D eigenvalue weighted by Gasteiger charge is 2.21. The topological polar surface area (TPSA) is 81.5 Å². The monoisotopic (exact) mass is 614 g/mol. The highest BCUT2D eigenvalue weighted by molar-refractivity contribution is 5.77. The molecular weight excluding hydrogens is 572 g/mol. The summed E-state index contributed by atoms with van der Waals surface area (Å²) in [6.07, 6.45) is 7.29. The zero-order valence-electron chi connectivity index (χ0n) is 27.1. The number of aliphatic hydroxyl groups is 2. The minimum absolute atomic E-state index is 0.644. The number of aromatic nitrogens is 4. The Labute approximate surface area is 270 Å². The second-order valence-corrected chi connectivity index (χ2v) is 13.0. The first-order valence-corrected chi connectivity index (χ1v) is 16.2. The summed E-state index contributed by atoms with van der Waals surface area (Å²) < 4.78 is 4.22. The average Bonchev–Trinajstić information content (AvgIpc) is 3.78. The van der Waals surface area contributed by atoms with E-state index in [-0.39, 0.29) is 0 Å². The minimum atomic E-state index is -0.654. The molecule has 8 heteroatoms. The van der Waals surface area contributed by atoms with Crippen LogP contribution < -0.4 is 0 Å². The highest BCUT2D eigenvalue weighted by atomic mass is 16.3. The van der Waals surface area contributed by atoms with Crippen LogP contribution in [0.1, 0.15) is 61.2 Å². The van der Waals surface area contributed by atoms with E-state index in [1.165, 1.54) is 18.4 Å². The van der Waals surface area contributed by atoms with E-state index in [1.807, 2.05) is 36.7 Å². The average molecular weight is 615 g/mol. The lowest BCUT2D eigenvalue weighted by Gasteiger charge is -2.15. The van der Waals surface area contributed by atoms with E-state index in [2.05, 4.69) is 81.4 Å². The van der Waals surface area contributed by atoms with Crippen LogP contribution in [0.4, 0.5) is 0 Å². The van der Waals surface area contributed by atoms with E-state index in [1.54, 1.807) is 13.8 Å². The van der Waals surface area contributed by atoms with Crippen molar-refractivity contribution in [3.8, 4) is 34.0 Å². The van der Waals surface area contributed by atoms with Gasteiger partial charge in [-0.3, -0.25) is 9.88 Å². The standard InChI is InChI=1S/C38H42N6O2/c1-25(45)32-20-30-9-5-6-15-43(30)38(32)36-18-28(23-41(3)4)17-35(40-36)29-12-16-44-31(19-29)21-33(26(2)46)37(44)34-11-10-27(22-39-34)24-42-13-7-8-14-42/h5-6,9-12,15-22,25-26,45-46H,7-8,13-14,23-24H2,1-4H3. The third kappa shape index (κ3) is 5.85. The number of nitrogens with zero attached hydrogens (tertiary/aromatic N) is 6. The summed E-state index contributed by atoms with van der Waals surface area (Å²) in [7, 11) is 4.12. The van der Waals surface area contributed by atoms with Crippen LogP contribution in [-0.2, 0) is 13.1 Å². The molecule has 7 heterocycles. The molecule has 46 heavy (non-hydrogen) atoms. The van der Waals surface area contributed by atoms with Gasteiger partial charge in [0.1, 0.15) is 0 Å². The van der Waals surface area contributed by atoms with Gasteiger partial charge in [0.25, 0.3) is 0 Å². The summed E-state index contributed by atoms with van der Waals surface area (Å²) in [5.74, 6) is 0. The smallest absolute Gasteiger partial charge is 0.0884 e. The minimum Gasteiger partial charge on any atom is -0.389 e. The summed E-state index contributed by atoms with van der Waals surface area (Å²) >= 11 is 0. The molecule has 2 atom stereocenters. The highest BCUT2D eigenvalue weighted by Crippen LogP contribution is 2.36. The van der Waals surface area contributed by atoms with Crippen molar-refractivity contribution in [2.45, 2.75) is 52.0 Å². The van der Waals surface area contributed by atoms with Gasteiger partial charge in [0.15, 0.2) is 0 Å². The molecule has 1 saturated heterocycles. The van der Waals surface area contributed by atoms with Crippen molar-refractivity contribution < 1.29 is 10.2 Å². The van der Waals surface area contributed by atoms with Crippen molar-refractivity contribution in [2.75, 3.05) is 27.2 Å². The Morgan fingerprint density at radius 1 is 0.739 bits per heavy atom. The second-order valence-electron chi connectivity index (χ2n) is 13.0. The Kier molecular flexibility index (Phi) is 8.21. The van der Waals surface area contributed by atoms with Gasteiger partial charge >= 0.3 is 0 Å². The van der Waals surface area contributed by atoms with Crippen molar-refractivity contribution in [3.05, 3.63) is 108 Å². The normalized spacial score (nSPS) is 15.4. The Hall–Kier alpha value is -4.34. The maximum absolute atomic E-state index is 10.8. The fraction of sp³-hybridized carbons (Fsp3) is 0.316. The predicted octanol–water partition coefficient (Wildman–Crippen LogP) is 6.75. The molecule has 0 aliphatic carbocycles. The number of hydrogen-bond donors (Lipinski definition) is 2. The molecule has 0 amide bonds. The number of hydrogen-bond acceptors (Lipinski definition) is 6. The second kappa shape index (κ2) is 12.5. The molecule has 6 aromatic rings. The molecule has 0 bridgehead atoms. The van der Waals surface area contributed by atoms with Gasteiger partial charge in [0.05, 0.1) is 40.7 Å². The fourth-order valence-electron chi connectivity index (χ4n) is 6.85. The SMILES string of the molecule is CC(O)c1cc2cc(-c3cc(CN(C)C)cc(-c4c(C(C)O)cc5ccccn45)n3)ccn2c1-c1ccc(CN2CCCC2)cn1. The summed E-state index contributed by atoms with van der Waals surface area (Å²) in [5.41, 5.74) is 11.3. The lowest BCUT2D eigenvalue weighted by molar-refractivity contribution is 0.199. The van der Waals surface area contributed by atoms with Gasteiger partial charge in [-0.05, 0) is 120 Å². The van der Waals surface area contributed by atoms with Crippen LogP contribution in [0.15, 0.2) is 85.3 Å². The van der Waals surface area contributed by atoms with Crippen molar-refractivity contribution in [1.29, 1.82) is 0 Å². The first kappa shape index (κ1) is 30.3. The van der Waals surface area contributed by atoms with E-state index < -0.39 is 12.2 Å². The Balaban J connectivity index is 1.32. The zero-order chi connectivity index (χ0) is 31.9. The molecule has 0 spiro atoms. The number of pyridine rings is 4. The molecule has 6 aromatic heterocycles. The first-order valence-electron chi connectivity index (χ1n) is 16.2. The van der Waals surface area contributed by atoms with E-state index in [0.717, 1.165) is 87.9 Å². The van der Waals surface area contributed by atoms with Gasteiger partial charge in [0.2, 0.25) is 0 Å². The van der Waals surface area contributed by atoms with Crippen LogP contribution in [0.3, 0.4) is 0 Å². The Morgan fingerprint density at radius 2 is 1.43 bits per heavy atom. The molecule has 2 unspecified atom stereocenters. The third-order valence-corrected chi connectivity index (χ3v) is 9.01. The molecule has 236 valence electrons. The van der Waals surface area contributed by atoms with Crippen molar-refractivity contribution in [2.24, 2.45) is 0 Å². The van der Waals surface area contributed by atoms with Gasteiger partial charge in [0, 0.05) is 59.4 Å². The fourth-order valence-corrected chi connectivity index (χ4v) is 6.85. The molecule has 8 nitrogen and oxygen atoms in total. The summed E-state index contributed by atoms with van der Waals surface area (Å²) in [6, 6.07) is 22.9. The van der Waals surface area contributed by atoms with Crippen LogP contribution >= 0.6 is 0 Å². The zero-order valence-corrected chi connectivity index (χ0v) is 27.1. The maximum Gasteiger partial charge on any atom is 0.0884 e. The quantitative estimate of drug-likeness (QED) is 0.188. The summed E-state index contributed by atoms with van der Waals surface area (Å²) in [6.45, 7) is 7.58. The van der Waals surface area contributed by atoms with Crippen LogP contribution in [0.2, 0.25) is 0 Å². The number of rotatable bonds is 9. The molecule has 1 aliphatic rings. The maximum atomic E-state index is 10.8. The largest absolute Gasteiger partial charge is 0.389 e. The van der Waals surface area contributed by atoms with Gasteiger partial charge in [-0.15, -0.1) is 0 Å². The number of likely N-dealkylation sites (tertiary alicyclic amines) is 1. The summed E-state index contributed by atoms with van der Waals surface area (Å²) in [4.78, 5) is 14.7. The van der Waals surface area contributed by atoms with E-state index >= 15 is 0 Å². The number of fused-ring (bicyclic) bond motifs is 2. The molecule has 0 aromatic carbocycles. The first-order chi connectivity index (χ1) is 22.2. The predicted molar refractivity (Wildman–Crippen MR) is 183 cm³/mol. The van der Waals surface area contributed by atoms with Crippen LogP contribution in [0, 0.1) is 0 Å². The lowest BCUT2D eigenvalue weighted by Crippen LogP contribution is -2.18. The lowest BCUT2D eigenvalue weighted by atomic mass is 10.0. The molecule has 1 aliphatic heterocycles. The van der Waals surface area contributed by atoms with Gasteiger partial charge in [-0.1, -0.05) is 12.1 Å². The van der Waals surface area contributed by atoms with Crippen LogP contribution in [0.25, 0.3) is 45.1 Å². The van der Waals surface area contributed by atoms with Gasteiger partial charge in [-0.2, -0.15) is 0 Å². The molecule has 7 rings (SSSR count). The molecule has 0 saturated carbocycles. The van der Waals surface area contributed by atoms with Crippen LogP contribution in [0.5, 0.6) is 0 Å².